The summed E-state index contributed by atoms with van der Waals surface area (Å²) < 4.78 is 7.49. The van der Waals surface area contributed by atoms with Crippen molar-refractivity contribution in [2.75, 3.05) is 19.8 Å². The van der Waals surface area contributed by atoms with E-state index in [2.05, 4.69) is 31.3 Å². The summed E-state index contributed by atoms with van der Waals surface area (Å²) in [7, 11) is 0. The lowest BCUT2D eigenvalue weighted by molar-refractivity contribution is 0.0917. The zero-order chi connectivity index (χ0) is 16.5. The number of aromatic nitrogens is 1. The van der Waals surface area contributed by atoms with Gasteiger partial charge >= 0.3 is 0 Å². The summed E-state index contributed by atoms with van der Waals surface area (Å²) in [6, 6.07) is 13.9. The third-order valence-electron chi connectivity index (χ3n) is 3.46. The summed E-state index contributed by atoms with van der Waals surface area (Å²) in [4.78, 5) is 12.3. The van der Waals surface area contributed by atoms with Crippen LogP contribution in [-0.4, -0.2) is 30.2 Å². The third-order valence-corrected chi connectivity index (χ3v) is 3.46. The van der Waals surface area contributed by atoms with Crippen molar-refractivity contribution >= 4 is 5.91 Å². The van der Waals surface area contributed by atoms with Crippen LogP contribution in [0.25, 0.3) is 0 Å². The lowest BCUT2D eigenvalue weighted by Crippen LogP contribution is -2.27. The smallest absolute Gasteiger partial charge is 0.267 e. The van der Waals surface area contributed by atoms with Gasteiger partial charge in [0.05, 0.1) is 0 Å². The fourth-order valence-corrected chi connectivity index (χ4v) is 2.32. The maximum Gasteiger partial charge on any atom is 0.267 e. The van der Waals surface area contributed by atoms with Crippen LogP contribution in [0.3, 0.4) is 0 Å². The number of carbonyl (C=O) groups excluding carboxylic acids is 1. The first-order valence-electron chi connectivity index (χ1n) is 8.22. The molecule has 4 heteroatoms. The van der Waals surface area contributed by atoms with E-state index in [1.165, 1.54) is 5.56 Å². The summed E-state index contributed by atoms with van der Waals surface area (Å²) in [5, 5.41) is 2.96. The van der Waals surface area contributed by atoms with Gasteiger partial charge in [-0.3, -0.25) is 4.79 Å². The predicted octanol–water partition coefficient (Wildman–Crippen LogP) is 3.33. The highest BCUT2D eigenvalue weighted by Crippen LogP contribution is 2.08. The third kappa shape index (κ3) is 5.91. The molecule has 0 saturated heterocycles. The van der Waals surface area contributed by atoms with Gasteiger partial charge in [-0.05, 0) is 30.0 Å². The molecule has 1 heterocycles. The van der Waals surface area contributed by atoms with Crippen LogP contribution in [0.5, 0.6) is 0 Å². The normalized spacial score (nSPS) is 10.9. The van der Waals surface area contributed by atoms with Crippen molar-refractivity contribution in [2.24, 2.45) is 5.92 Å². The zero-order valence-electron chi connectivity index (χ0n) is 14.0. The van der Waals surface area contributed by atoms with E-state index in [9.17, 15) is 4.79 Å². The summed E-state index contributed by atoms with van der Waals surface area (Å²) in [6.07, 6.45) is 2.77. The lowest BCUT2D eigenvalue weighted by Gasteiger charge is -2.10. The Morgan fingerprint density at radius 3 is 2.70 bits per heavy atom. The second-order valence-corrected chi connectivity index (χ2v) is 6.09. The topological polar surface area (TPSA) is 43.3 Å². The minimum absolute atomic E-state index is 0.0326. The van der Waals surface area contributed by atoms with Crippen LogP contribution in [0.1, 0.15) is 36.3 Å². The van der Waals surface area contributed by atoms with E-state index in [-0.39, 0.29) is 5.91 Å². The number of amides is 1. The molecule has 0 saturated carbocycles. The number of carbonyl (C=O) groups is 1. The summed E-state index contributed by atoms with van der Waals surface area (Å²) in [5.41, 5.74) is 1.87. The van der Waals surface area contributed by atoms with Crippen molar-refractivity contribution in [1.82, 2.24) is 9.88 Å². The van der Waals surface area contributed by atoms with E-state index in [1.54, 1.807) is 0 Å². The second kappa shape index (κ2) is 9.16. The largest absolute Gasteiger partial charge is 0.381 e. The highest BCUT2D eigenvalue weighted by molar-refractivity contribution is 5.92. The van der Waals surface area contributed by atoms with Crippen LogP contribution >= 0.6 is 0 Å². The Balaban J connectivity index is 1.78. The molecule has 0 fully saturated rings. The Labute approximate surface area is 138 Å². The first-order valence-corrected chi connectivity index (χ1v) is 8.22. The number of rotatable bonds is 9. The van der Waals surface area contributed by atoms with Gasteiger partial charge in [-0.1, -0.05) is 44.2 Å². The monoisotopic (exact) mass is 314 g/mol. The Hall–Kier alpha value is -2.07. The molecule has 0 aliphatic rings. The van der Waals surface area contributed by atoms with Crippen molar-refractivity contribution in [2.45, 2.75) is 26.8 Å². The van der Waals surface area contributed by atoms with E-state index in [1.807, 2.05) is 41.1 Å². The van der Waals surface area contributed by atoms with E-state index >= 15 is 0 Å². The lowest BCUT2D eigenvalue weighted by atomic mass is 10.2. The van der Waals surface area contributed by atoms with Crippen LogP contribution in [0, 0.1) is 5.92 Å². The minimum atomic E-state index is -0.0326. The molecule has 1 amide bonds. The molecule has 0 atom stereocenters. The van der Waals surface area contributed by atoms with Gasteiger partial charge in [0.1, 0.15) is 5.69 Å². The predicted molar refractivity (Wildman–Crippen MR) is 92.6 cm³/mol. The number of nitrogens with one attached hydrogen (secondary N) is 1. The van der Waals surface area contributed by atoms with Crippen molar-refractivity contribution in [3.63, 3.8) is 0 Å². The average molecular weight is 314 g/mol. The van der Waals surface area contributed by atoms with Gasteiger partial charge in [0, 0.05) is 32.5 Å². The summed E-state index contributed by atoms with van der Waals surface area (Å²) >= 11 is 0. The van der Waals surface area contributed by atoms with Crippen molar-refractivity contribution in [3.05, 3.63) is 59.9 Å². The molecule has 0 bridgehead atoms. The van der Waals surface area contributed by atoms with Gasteiger partial charge in [0.25, 0.3) is 5.91 Å². The molecule has 0 aliphatic carbocycles. The molecule has 0 unspecified atom stereocenters. The molecule has 23 heavy (non-hydrogen) atoms. The molecule has 2 aromatic rings. The van der Waals surface area contributed by atoms with Gasteiger partial charge in [-0.2, -0.15) is 0 Å². The molecule has 124 valence electrons. The first kappa shape index (κ1) is 17.3. The zero-order valence-corrected chi connectivity index (χ0v) is 14.0. The van der Waals surface area contributed by atoms with E-state index in [0.29, 0.717) is 31.3 Å². The average Bonchev–Trinajstić information content (AvgIpc) is 2.99. The van der Waals surface area contributed by atoms with E-state index < -0.39 is 0 Å². The molecule has 1 aromatic heterocycles. The number of hydrogen-bond acceptors (Lipinski definition) is 2. The van der Waals surface area contributed by atoms with E-state index in [0.717, 1.165) is 13.0 Å². The maximum atomic E-state index is 12.3. The molecular formula is C19H26N2O2. The van der Waals surface area contributed by atoms with Gasteiger partial charge in [0.2, 0.25) is 0 Å². The van der Waals surface area contributed by atoms with Gasteiger partial charge in [0.15, 0.2) is 0 Å². The standard InChI is InChI=1S/C19H26N2O2/c1-16(2)15-23-13-7-11-20-19(22)18-10-6-12-21(18)14-17-8-4-3-5-9-17/h3-6,8-10,12,16H,7,11,13-15H2,1-2H3,(H,20,22). The van der Waals surface area contributed by atoms with Crippen LogP contribution in [-0.2, 0) is 11.3 Å². The van der Waals surface area contributed by atoms with Crippen molar-refractivity contribution in [1.29, 1.82) is 0 Å². The van der Waals surface area contributed by atoms with Crippen LogP contribution in [0.2, 0.25) is 0 Å². The SMILES string of the molecule is CC(C)COCCCNC(=O)c1cccn1Cc1ccccc1. The summed E-state index contributed by atoms with van der Waals surface area (Å²) in [6.45, 7) is 7.05. The van der Waals surface area contributed by atoms with Gasteiger partial charge in [-0.25, -0.2) is 0 Å². The molecular weight excluding hydrogens is 288 g/mol. The van der Waals surface area contributed by atoms with Crippen LogP contribution < -0.4 is 5.32 Å². The molecule has 1 N–H and O–H groups in total. The molecule has 2 rings (SSSR count). The Morgan fingerprint density at radius 1 is 1.17 bits per heavy atom. The van der Waals surface area contributed by atoms with Gasteiger partial charge < -0.3 is 14.6 Å². The van der Waals surface area contributed by atoms with Gasteiger partial charge in [-0.15, -0.1) is 0 Å². The summed E-state index contributed by atoms with van der Waals surface area (Å²) in [5.74, 6) is 0.514. The quantitative estimate of drug-likeness (QED) is 0.722. The van der Waals surface area contributed by atoms with Crippen molar-refractivity contribution in [3.8, 4) is 0 Å². The number of hydrogen-bond donors (Lipinski definition) is 1. The molecule has 0 radical (unpaired) electrons. The first-order chi connectivity index (χ1) is 11.2. The Kier molecular flexibility index (Phi) is 6.88. The highest BCUT2D eigenvalue weighted by atomic mass is 16.5. The molecule has 0 spiro atoms. The van der Waals surface area contributed by atoms with Crippen LogP contribution in [0.15, 0.2) is 48.7 Å². The fourth-order valence-electron chi connectivity index (χ4n) is 2.32. The van der Waals surface area contributed by atoms with Crippen molar-refractivity contribution < 1.29 is 9.53 Å². The Morgan fingerprint density at radius 2 is 1.96 bits per heavy atom. The maximum absolute atomic E-state index is 12.3. The molecule has 4 nitrogen and oxygen atoms in total. The minimum Gasteiger partial charge on any atom is -0.381 e. The van der Waals surface area contributed by atoms with Crippen LogP contribution in [0.4, 0.5) is 0 Å². The molecule has 0 aliphatic heterocycles. The molecule has 1 aromatic carbocycles. The van der Waals surface area contributed by atoms with E-state index in [4.69, 9.17) is 4.74 Å². The number of benzene rings is 1. The fraction of sp³-hybridized carbons (Fsp3) is 0.421. The Bertz CT molecular complexity index is 590. The number of ether oxygens (including phenoxy) is 1. The number of nitrogens with zero attached hydrogens (tertiary/aromatic N) is 1. The highest BCUT2D eigenvalue weighted by Gasteiger charge is 2.10. The second-order valence-electron chi connectivity index (χ2n) is 6.09.